The van der Waals surface area contributed by atoms with E-state index in [1.54, 1.807) is 13.3 Å². The van der Waals surface area contributed by atoms with Crippen LogP contribution in [0.1, 0.15) is 37.5 Å². The molecule has 0 saturated heterocycles. The van der Waals surface area contributed by atoms with Crippen LogP contribution in [0.15, 0.2) is 41.5 Å². The topological polar surface area (TPSA) is 67.8 Å². The fourth-order valence-electron chi connectivity index (χ4n) is 2.49. The first-order chi connectivity index (χ1) is 13.0. The minimum atomic E-state index is 0. The molecule has 1 aromatic carbocycles. The molecule has 0 saturated carbocycles. The van der Waals surface area contributed by atoms with E-state index in [-0.39, 0.29) is 30.1 Å². The third kappa shape index (κ3) is 7.92. The van der Waals surface area contributed by atoms with E-state index in [1.165, 1.54) is 5.56 Å². The van der Waals surface area contributed by atoms with Crippen LogP contribution < -0.4 is 20.1 Å². The Morgan fingerprint density at radius 1 is 1.18 bits per heavy atom. The van der Waals surface area contributed by atoms with Gasteiger partial charge in [0.05, 0.1) is 19.8 Å². The molecule has 0 atom stereocenters. The van der Waals surface area contributed by atoms with E-state index in [1.807, 2.05) is 32.9 Å². The highest BCUT2D eigenvalue weighted by molar-refractivity contribution is 14.0. The molecule has 0 fully saturated rings. The highest BCUT2D eigenvalue weighted by Crippen LogP contribution is 2.21. The highest BCUT2D eigenvalue weighted by Gasteiger charge is 2.07. The van der Waals surface area contributed by atoms with E-state index in [2.05, 4.69) is 45.7 Å². The van der Waals surface area contributed by atoms with Crippen molar-refractivity contribution in [3.63, 3.8) is 0 Å². The van der Waals surface area contributed by atoms with E-state index in [4.69, 9.17) is 9.47 Å². The maximum atomic E-state index is 5.95. The van der Waals surface area contributed by atoms with Gasteiger partial charge in [-0.3, -0.25) is 0 Å². The Kier molecular flexibility index (Phi) is 10.7. The van der Waals surface area contributed by atoms with Crippen LogP contribution >= 0.6 is 24.0 Å². The number of rotatable bonds is 8. The fourth-order valence-corrected chi connectivity index (χ4v) is 2.49. The van der Waals surface area contributed by atoms with Gasteiger partial charge in [-0.05, 0) is 44.9 Å². The molecule has 0 bridgehead atoms. The lowest BCUT2D eigenvalue weighted by atomic mass is 10.1. The normalized spacial score (nSPS) is 11.0. The third-order valence-corrected chi connectivity index (χ3v) is 3.80. The molecular formula is C21H31IN4O2. The van der Waals surface area contributed by atoms with Crippen LogP contribution in [0, 0.1) is 6.92 Å². The monoisotopic (exact) mass is 498 g/mol. The molecule has 0 unspecified atom stereocenters. The summed E-state index contributed by atoms with van der Waals surface area (Å²) in [7, 11) is 1.61. The number of guanidine groups is 1. The molecule has 0 spiro atoms. The molecule has 28 heavy (non-hydrogen) atoms. The lowest BCUT2D eigenvalue weighted by molar-refractivity contribution is 0.239. The number of hydrogen-bond donors (Lipinski definition) is 2. The molecule has 154 valence electrons. The summed E-state index contributed by atoms with van der Waals surface area (Å²) in [6.45, 7) is 10.1. The minimum absolute atomic E-state index is 0. The number of hydrogen-bond acceptors (Lipinski definition) is 4. The van der Waals surface area contributed by atoms with Gasteiger partial charge in [0.1, 0.15) is 5.75 Å². The van der Waals surface area contributed by atoms with Crippen molar-refractivity contribution in [1.82, 2.24) is 15.6 Å². The molecule has 0 aliphatic heterocycles. The van der Waals surface area contributed by atoms with Gasteiger partial charge < -0.3 is 20.1 Å². The Balaban J connectivity index is 0.00000392. The molecule has 2 aromatic rings. The second-order valence-electron chi connectivity index (χ2n) is 6.54. The maximum Gasteiger partial charge on any atom is 0.212 e. The summed E-state index contributed by atoms with van der Waals surface area (Å²) in [4.78, 5) is 8.85. The third-order valence-electron chi connectivity index (χ3n) is 3.80. The predicted octanol–water partition coefficient (Wildman–Crippen LogP) is 4.06. The second-order valence-corrected chi connectivity index (χ2v) is 6.54. The van der Waals surface area contributed by atoms with Crippen LogP contribution in [-0.2, 0) is 13.1 Å². The molecular weight excluding hydrogens is 467 g/mol. The van der Waals surface area contributed by atoms with Crippen LogP contribution in [0.3, 0.4) is 0 Å². The first kappa shape index (κ1) is 24.0. The van der Waals surface area contributed by atoms with Crippen LogP contribution in [0.2, 0.25) is 0 Å². The predicted molar refractivity (Wildman–Crippen MR) is 125 cm³/mol. The number of ether oxygens (including phenoxy) is 2. The van der Waals surface area contributed by atoms with Gasteiger partial charge in [-0.2, -0.15) is 0 Å². The maximum absolute atomic E-state index is 5.95. The standard InChI is InChI=1S/C21H30N4O2.HI/c1-6-22-21(24-13-17-8-10-20(26-5)23-12-17)25-14-18-9-7-16(4)11-19(18)27-15(2)3;/h7-12,15H,6,13-14H2,1-5H3,(H2,22,24,25);1H. The van der Waals surface area contributed by atoms with Crippen molar-refractivity contribution in [1.29, 1.82) is 0 Å². The SMILES string of the molecule is CCNC(=NCc1ccc(OC)nc1)NCc1ccc(C)cc1OC(C)C.I. The van der Waals surface area contributed by atoms with Gasteiger partial charge in [-0.15, -0.1) is 24.0 Å². The van der Waals surface area contributed by atoms with Gasteiger partial charge in [0, 0.05) is 30.9 Å². The van der Waals surface area contributed by atoms with Crippen LogP contribution in [0.25, 0.3) is 0 Å². The Morgan fingerprint density at radius 3 is 2.57 bits per heavy atom. The number of nitrogens with one attached hydrogen (secondary N) is 2. The van der Waals surface area contributed by atoms with Crippen molar-refractivity contribution in [2.45, 2.75) is 46.9 Å². The molecule has 0 amide bonds. The first-order valence-corrected chi connectivity index (χ1v) is 9.29. The molecule has 0 aliphatic rings. The number of aryl methyl sites for hydroxylation is 1. The summed E-state index contributed by atoms with van der Waals surface area (Å²) in [5, 5.41) is 6.65. The molecule has 2 rings (SSSR count). The number of pyridine rings is 1. The van der Waals surface area contributed by atoms with Gasteiger partial charge in [0.15, 0.2) is 5.96 Å². The first-order valence-electron chi connectivity index (χ1n) is 9.29. The highest BCUT2D eigenvalue weighted by atomic mass is 127. The van der Waals surface area contributed by atoms with Crippen molar-refractivity contribution in [2.24, 2.45) is 4.99 Å². The van der Waals surface area contributed by atoms with Gasteiger partial charge in [0.2, 0.25) is 5.88 Å². The zero-order valence-electron chi connectivity index (χ0n) is 17.3. The summed E-state index contributed by atoms with van der Waals surface area (Å²) in [5.74, 6) is 2.27. The molecule has 1 aromatic heterocycles. The zero-order chi connectivity index (χ0) is 19.6. The van der Waals surface area contributed by atoms with Gasteiger partial charge in [-0.25, -0.2) is 9.98 Å². The van der Waals surface area contributed by atoms with Gasteiger partial charge in [-0.1, -0.05) is 18.2 Å². The van der Waals surface area contributed by atoms with E-state index >= 15 is 0 Å². The number of halogens is 1. The van der Waals surface area contributed by atoms with E-state index < -0.39 is 0 Å². The summed E-state index contributed by atoms with van der Waals surface area (Å²) in [6.07, 6.45) is 1.91. The largest absolute Gasteiger partial charge is 0.491 e. The zero-order valence-corrected chi connectivity index (χ0v) is 19.6. The van der Waals surface area contributed by atoms with Crippen LogP contribution in [0.5, 0.6) is 11.6 Å². The summed E-state index contributed by atoms with van der Waals surface area (Å²) >= 11 is 0. The summed E-state index contributed by atoms with van der Waals surface area (Å²) in [5.41, 5.74) is 3.31. The lowest BCUT2D eigenvalue weighted by Gasteiger charge is -2.17. The van der Waals surface area contributed by atoms with Crippen molar-refractivity contribution in [2.75, 3.05) is 13.7 Å². The van der Waals surface area contributed by atoms with Crippen molar-refractivity contribution < 1.29 is 9.47 Å². The quantitative estimate of drug-likeness (QED) is 0.327. The summed E-state index contributed by atoms with van der Waals surface area (Å²) < 4.78 is 11.0. The van der Waals surface area contributed by atoms with Crippen molar-refractivity contribution >= 4 is 29.9 Å². The summed E-state index contributed by atoms with van der Waals surface area (Å²) in [6, 6.07) is 10.1. The average Bonchev–Trinajstić information content (AvgIpc) is 2.65. The minimum Gasteiger partial charge on any atom is -0.491 e. The average molecular weight is 498 g/mol. The molecule has 6 nitrogen and oxygen atoms in total. The van der Waals surface area contributed by atoms with E-state index in [0.29, 0.717) is 19.0 Å². The Morgan fingerprint density at radius 2 is 1.96 bits per heavy atom. The number of aromatic nitrogens is 1. The number of methoxy groups -OCH3 is 1. The molecule has 0 radical (unpaired) electrons. The van der Waals surface area contributed by atoms with Crippen LogP contribution in [-0.4, -0.2) is 30.7 Å². The lowest BCUT2D eigenvalue weighted by Crippen LogP contribution is -2.36. The molecule has 1 heterocycles. The van der Waals surface area contributed by atoms with Crippen molar-refractivity contribution in [3.8, 4) is 11.6 Å². The van der Waals surface area contributed by atoms with E-state index in [9.17, 15) is 0 Å². The van der Waals surface area contributed by atoms with E-state index in [0.717, 1.165) is 29.4 Å². The number of aliphatic imine (C=N–C) groups is 1. The molecule has 2 N–H and O–H groups in total. The molecule has 7 heteroatoms. The number of benzene rings is 1. The van der Waals surface area contributed by atoms with Gasteiger partial charge in [0.25, 0.3) is 0 Å². The Hall–Kier alpha value is -2.03. The smallest absolute Gasteiger partial charge is 0.212 e. The van der Waals surface area contributed by atoms with Crippen molar-refractivity contribution in [3.05, 3.63) is 53.2 Å². The van der Waals surface area contributed by atoms with Crippen LogP contribution in [0.4, 0.5) is 0 Å². The second kappa shape index (κ2) is 12.4. The van der Waals surface area contributed by atoms with Gasteiger partial charge >= 0.3 is 0 Å². The molecule has 0 aliphatic carbocycles. The Labute approximate surface area is 185 Å². The number of nitrogens with zero attached hydrogens (tertiary/aromatic N) is 2. The Bertz CT molecular complexity index is 749. The fraction of sp³-hybridized carbons (Fsp3) is 0.429.